The van der Waals surface area contributed by atoms with Crippen LogP contribution in [0.4, 0.5) is 0 Å². The summed E-state index contributed by atoms with van der Waals surface area (Å²) in [6.07, 6.45) is 5.98. The van der Waals surface area contributed by atoms with E-state index in [9.17, 15) is 0 Å². The van der Waals surface area contributed by atoms with E-state index in [0.29, 0.717) is 5.57 Å². The van der Waals surface area contributed by atoms with Crippen molar-refractivity contribution < 1.29 is 0 Å². The van der Waals surface area contributed by atoms with Crippen molar-refractivity contribution in [3.05, 3.63) is 77.5 Å². The lowest BCUT2D eigenvalue weighted by Gasteiger charge is -2.01. The van der Waals surface area contributed by atoms with Crippen LogP contribution in [0.15, 0.2) is 59.7 Å². The van der Waals surface area contributed by atoms with Crippen LogP contribution in [0.1, 0.15) is 22.8 Å². The molecule has 0 spiro atoms. The summed E-state index contributed by atoms with van der Waals surface area (Å²) in [6, 6.07) is 15.2. The average Bonchev–Trinajstić information content (AvgIpc) is 2.61. The molecule has 0 aliphatic heterocycles. The lowest BCUT2D eigenvalue weighted by Crippen LogP contribution is -1.98. The van der Waals surface area contributed by atoms with Gasteiger partial charge in [-0.1, -0.05) is 42.5 Å². The quantitative estimate of drug-likeness (QED) is 0.627. The van der Waals surface area contributed by atoms with Gasteiger partial charge in [-0.05, 0) is 18.7 Å². The van der Waals surface area contributed by atoms with Gasteiger partial charge in [0, 0.05) is 17.8 Å². The average molecular weight is 299 g/mol. The molecule has 0 unspecified atom stereocenters. The number of aromatic nitrogens is 2. The molecule has 23 heavy (non-hydrogen) atoms. The highest BCUT2D eigenvalue weighted by atomic mass is 14.9. The van der Waals surface area contributed by atoms with Gasteiger partial charge in [0.2, 0.25) is 0 Å². The van der Waals surface area contributed by atoms with E-state index in [1.54, 1.807) is 6.08 Å². The smallest absolute Gasteiger partial charge is 0.163 e. The molecule has 0 N–H and O–H groups in total. The Labute approximate surface area is 134 Å². The third kappa shape index (κ3) is 4.45. The van der Waals surface area contributed by atoms with Gasteiger partial charge in [0.1, 0.15) is 23.5 Å². The van der Waals surface area contributed by atoms with Gasteiger partial charge in [-0.2, -0.15) is 10.5 Å². The maximum absolute atomic E-state index is 9.00. The second-order valence-electron chi connectivity index (χ2n) is 4.54. The fourth-order valence-corrected chi connectivity index (χ4v) is 1.90. The molecule has 5 heteroatoms. The Balaban J connectivity index is 2.29. The van der Waals surface area contributed by atoms with E-state index in [0.717, 1.165) is 6.42 Å². The maximum Gasteiger partial charge on any atom is 0.163 e. The molecule has 5 nitrogen and oxygen atoms in total. The van der Waals surface area contributed by atoms with E-state index in [2.05, 4.69) is 21.7 Å². The Morgan fingerprint density at radius 2 is 1.78 bits per heavy atom. The largest absolute Gasteiger partial charge is 0.272 e. The normalized spacial score (nSPS) is 11.0. The molecule has 1 heterocycles. The van der Waals surface area contributed by atoms with Gasteiger partial charge in [0.15, 0.2) is 5.82 Å². The first-order chi connectivity index (χ1) is 11.3. The van der Waals surface area contributed by atoms with Crippen LogP contribution in [0.3, 0.4) is 0 Å². The van der Waals surface area contributed by atoms with Crippen LogP contribution < -0.4 is 0 Å². The van der Waals surface area contributed by atoms with Crippen molar-refractivity contribution in [1.29, 1.82) is 10.5 Å². The number of benzene rings is 1. The summed E-state index contributed by atoms with van der Waals surface area (Å²) in [5.74, 6) is 0.275. The molecule has 0 atom stereocenters. The zero-order valence-corrected chi connectivity index (χ0v) is 12.3. The van der Waals surface area contributed by atoms with Crippen molar-refractivity contribution in [2.24, 2.45) is 4.99 Å². The van der Waals surface area contributed by atoms with Crippen LogP contribution in [0, 0.1) is 22.7 Å². The van der Waals surface area contributed by atoms with Gasteiger partial charge in [0.05, 0.1) is 0 Å². The number of aliphatic imine (C=N–C) groups is 1. The highest BCUT2D eigenvalue weighted by molar-refractivity contribution is 5.70. The zero-order valence-electron chi connectivity index (χ0n) is 12.3. The molecule has 0 saturated carbocycles. The van der Waals surface area contributed by atoms with Crippen LogP contribution in [0.25, 0.3) is 5.57 Å². The SMILES string of the molecule is C=N/C=C(\C=C/Cc1ccccc1)c1nc(C#N)cc(C#N)n1. The van der Waals surface area contributed by atoms with Gasteiger partial charge >= 0.3 is 0 Å². The number of hydrogen-bond acceptors (Lipinski definition) is 5. The highest BCUT2D eigenvalue weighted by Crippen LogP contribution is 2.14. The van der Waals surface area contributed by atoms with Crippen LogP contribution in [-0.4, -0.2) is 16.7 Å². The first kappa shape index (κ1) is 15.8. The fraction of sp³-hybridized carbons (Fsp3) is 0.0556. The Hall–Kier alpha value is -3.57. The molecular formula is C18H13N5. The van der Waals surface area contributed by atoms with Gasteiger partial charge in [-0.3, -0.25) is 4.99 Å². The summed E-state index contributed by atoms with van der Waals surface area (Å²) in [6.45, 7) is 3.43. The summed E-state index contributed by atoms with van der Waals surface area (Å²) in [7, 11) is 0. The zero-order chi connectivity index (χ0) is 16.5. The van der Waals surface area contributed by atoms with Gasteiger partial charge in [-0.15, -0.1) is 0 Å². The van der Waals surface area contributed by atoms with Crippen molar-refractivity contribution in [2.45, 2.75) is 6.42 Å². The second kappa shape index (κ2) is 8.02. The highest BCUT2D eigenvalue weighted by Gasteiger charge is 2.07. The Bertz CT molecular complexity index is 804. The predicted molar refractivity (Wildman–Crippen MR) is 88.3 cm³/mol. The topological polar surface area (TPSA) is 85.7 Å². The molecule has 0 fully saturated rings. The summed E-state index contributed by atoms with van der Waals surface area (Å²) in [4.78, 5) is 12.0. The first-order valence-corrected chi connectivity index (χ1v) is 6.83. The van der Waals surface area contributed by atoms with E-state index in [4.69, 9.17) is 10.5 Å². The Kier molecular flexibility index (Phi) is 5.51. The molecule has 1 aromatic carbocycles. The molecule has 0 amide bonds. The summed E-state index contributed by atoms with van der Waals surface area (Å²) in [5.41, 5.74) is 2.03. The number of hydrogen-bond donors (Lipinski definition) is 0. The molecule has 0 radical (unpaired) electrons. The Morgan fingerprint density at radius 1 is 1.13 bits per heavy atom. The van der Waals surface area contributed by atoms with Crippen molar-refractivity contribution in [3.8, 4) is 12.1 Å². The van der Waals surface area contributed by atoms with Crippen molar-refractivity contribution in [1.82, 2.24) is 9.97 Å². The molecular weight excluding hydrogens is 286 g/mol. The molecule has 0 saturated heterocycles. The number of allylic oxidation sites excluding steroid dienone is 3. The third-order valence-corrected chi connectivity index (χ3v) is 2.94. The van der Waals surface area contributed by atoms with Crippen LogP contribution >= 0.6 is 0 Å². The number of nitriles is 2. The molecule has 2 aromatic rings. The third-order valence-electron chi connectivity index (χ3n) is 2.94. The fourth-order valence-electron chi connectivity index (χ4n) is 1.90. The maximum atomic E-state index is 9.00. The van der Waals surface area contributed by atoms with E-state index in [1.165, 1.54) is 17.8 Å². The van der Waals surface area contributed by atoms with Gasteiger partial charge in [0.25, 0.3) is 0 Å². The van der Waals surface area contributed by atoms with Crippen LogP contribution in [0.2, 0.25) is 0 Å². The van der Waals surface area contributed by atoms with Crippen molar-refractivity contribution >= 4 is 12.3 Å². The van der Waals surface area contributed by atoms with Crippen LogP contribution in [-0.2, 0) is 6.42 Å². The monoisotopic (exact) mass is 299 g/mol. The molecule has 0 aliphatic rings. The van der Waals surface area contributed by atoms with E-state index in [-0.39, 0.29) is 17.2 Å². The molecule has 0 aliphatic carbocycles. The second-order valence-corrected chi connectivity index (χ2v) is 4.54. The molecule has 2 rings (SSSR count). The minimum atomic E-state index is 0.137. The van der Waals surface area contributed by atoms with E-state index < -0.39 is 0 Å². The molecule has 110 valence electrons. The van der Waals surface area contributed by atoms with Crippen molar-refractivity contribution in [3.63, 3.8) is 0 Å². The minimum absolute atomic E-state index is 0.137. The van der Waals surface area contributed by atoms with Gasteiger partial charge in [-0.25, -0.2) is 9.97 Å². The number of nitrogens with zero attached hydrogens (tertiary/aromatic N) is 5. The molecule has 1 aromatic heterocycles. The summed E-state index contributed by atoms with van der Waals surface area (Å²) in [5, 5.41) is 18.0. The summed E-state index contributed by atoms with van der Waals surface area (Å²) < 4.78 is 0. The standard InChI is InChI=1S/C18H13N5/c1-21-13-15(9-5-8-14-6-3-2-4-7-14)18-22-16(11-19)10-17(12-20)23-18/h2-7,9-10,13H,1,8H2/b9-5-,15-13+. The predicted octanol–water partition coefficient (Wildman–Crippen LogP) is 3.06. The first-order valence-electron chi connectivity index (χ1n) is 6.83. The minimum Gasteiger partial charge on any atom is -0.272 e. The lowest BCUT2D eigenvalue weighted by molar-refractivity contribution is 1.07. The van der Waals surface area contributed by atoms with Crippen molar-refractivity contribution in [2.75, 3.05) is 0 Å². The van der Waals surface area contributed by atoms with E-state index >= 15 is 0 Å². The Morgan fingerprint density at radius 3 is 2.35 bits per heavy atom. The van der Waals surface area contributed by atoms with Crippen LogP contribution in [0.5, 0.6) is 0 Å². The van der Waals surface area contributed by atoms with E-state index in [1.807, 2.05) is 48.5 Å². The lowest BCUT2D eigenvalue weighted by atomic mass is 10.1. The molecule has 0 bridgehead atoms. The van der Waals surface area contributed by atoms with Gasteiger partial charge < -0.3 is 0 Å². The number of rotatable bonds is 5. The summed E-state index contributed by atoms with van der Waals surface area (Å²) >= 11 is 0.